The molecule has 0 saturated heterocycles. The molecule has 21 heavy (non-hydrogen) atoms. The van der Waals surface area contributed by atoms with Gasteiger partial charge in [-0.1, -0.05) is 28.9 Å². The maximum absolute atomic E-state index is 12.6. The Hall–Kier alpha value is -2.14. The molecule has 3 aromatic rings. The van der Waals surface area contributed by atoms with Crippen molar-refractivity contribution in [2.24, 2.45) is 0 Å². The first kappa shape index (κ1) is 13.8. The lowest BCUT2D eigenvalue weighted by Crippen LogP contribution is -2.27. The molecule has 0 bridgehead atoms. The lowest BCUT2D eigenvalue weighted by atomic mass is 10.1. The van der Waals surface area contributed by atoms with Gasteiger partial charge >= 0.3 is 0 Å². The summed E-state index contributed by atoms with van der Waals surface area (Å²) >= 11 is 5.90. The van der Waals surface area contributed by atoms with Crippen LogP contribution >= 0.6 is 11.6 Å². The summed E-state index contributed by atoms with van der Waals surface area (Å²) in [7, 11) is 0. The highest BCUT2D eigenvalue weighted by atomic mass is 35.5. The summed E-state index contributed by atoms with van der Waals surface area (Å²) in [5, 5.41) is 9.36. The minimum Gasteiger partial charge on any atom is -0.354 e. The fourth-order valence-electron chi connectivity index (χ4n) is 2.38. The lowest BCUT2D eigenvalue weighted by molar-refractivity contribution is 0.444. The summed E-state index contributed by atoms with van der Waals surface area (Å²) < 4.78 is 6.64. The van der Waals surface area contributed by atoms with E-state index in [2.05, 4.69) is 10.3 Å². The van der Waals surface area contributed by atoms with Crippen molar-refractivity contribution in [2.75, 3.05) is 0 Å². The Labute approximate surface area is 126 Å². The summed E-state index contributed by atoms with van der Waals surface area (Å²) in [6.07, 6.45) is 0. The van der Waals surface area contributed by atoms with Crippen molar-refractivity contribution in [3.63, 3.8) is 0 Å². The van der Waals surface area contributed by atoms with E-state index in [0.29, 0.717) is 27.4 Å². The molecule has 0 spiro atoms. The average Bonchev–Trinajstić information content (AvgIpc) is 2.86. The van der Waals surface area contributed by atoms with Crippen LogP contribution in [0.15, 0.2) is 33.6 Å². The Balaban J connectivity index is 2.20. The van der Waals surface area contributed by atoms with Crippen LogP contribution in [0.4, 0.5) is 0 Å². The molecule has 1 atom stereocenters. The Morgan fingerprint density at radius 1 is 1.19 bits per heavy atom. The van der Waals surface area contributed by atoms with E-state index in [-0.39, 0.29) is 11.6 Å². The number of fused-ring (bicyclic) bond motifs is 1. The fraction of sp³-hybridized carbons (Fsp3) is 0.267. The summed E-state index contributed by atoms with van der Waals surface area (Å²) in [5.41, 5.74) is 2.44. The minimum atomic E-state index is -0.202. The van der Waals surface area contributed by atoms with Crippen LogP contribution in [-0.4, -0.2) is 14.9 Å². The number of aromatic nitrogens is 3. The molecule has 2 aromatic heterocycles. The molecule has 3 rings (SSSR count). The number of halogens is 1. The number of hydrogen-bond donors (Lipinski definition) is 0. The largest absolute Gasteiger partial charge is 0.354 e. The fourth-order valence-corrected chi connectivity index (χ4v) is 2.51. The summed E-state index contributed by atoms with van der Waals surface area (Å²) in [5.74, 6) is 0. The van der Waals surface area contributed by atoms with Crippen LogP contribution in [0.1, 0.15) is 29.9 Å². The lowest BCUT2D eigenvalue weighted by Gasteiger charge is -2.15. The maximum atomic E-state index is 12.6. The molecule has 0 N–H and O–H groups in total. The van der Waals surface area contributed by atoms with Gasteiger partial charge in [-0.2, -0.15) is 5.10 Å². The summed E-state index contributed by atoms with van der Waals surface area (Å²) in [4.78, 5) is 12.6. The molecule has 1 unspecified atom stereocenters. The van der Waals surface area contributed by atoms with Crippen LogP contribution in [-0.2, 0) is 0 Å². The molecule has 6 heteroatoms. The van der Waals surface area contributed by atoms with E-state index in [4.69, 9.17) is 16.1 Å². The molecule has 2 heterocycles. The van der Waals surface area contributed by atoms with Crippen molar-refractivity contribution in [1.29, 1.82) is 0 Å². The Bertz CT molecular complexity index is 865. The molecule has 0 aliphatic rings. The predicted molar refractivity (Wildman–Crippen MR) is 80.8 cm³/mol. The van der Waals surface area contributed by atoms with E-state index in [0.717, 1.165) is 5.56 Å². The topological polar surface area (TPSA) is 60.9 Å². The van der Waals surface area contributed by atoms with Gasteiger partial charge in [0.1, 0.15) is 11.1 Å². The standard InChI is InChI=1S/C15H14ClN3O2/c1-8-13-14(21-18-8)9(2)17-19(15(13)20)10(3)11-4-6-12(16)7-5-11/h4-7,10H,1-3H3. The van der Waals surface area contributed by atoms with Gasteiger partial charge in [-0.15, -0.1) is 0 Å². The minimum absolute atomic E-state index is 0.197. The monoisotopic (exact) mass is 303 g/mol. The molecule has 0 aliphatic heterocycles. The molecule has 0 radical (unpaired) electrons. The van der Waals surface area contributed by atoms with Crippen molar-refractivity contribution >= 4 is 22.6 Å². The van der Waals surface area contributed by atoms with Crippen LogP contribution in [0, 0.1) is 13.8 Å². The SMILES string of the molecule is Cc1nn(C(C)c2ccc(Cl)cc2)c(=O)c2c(C)noc12. The van der Waals surface area contributed by atoms with Crippen LogP contribution in [0.2, 0.25) is 5.02 Å². The Morgan fingerprint density at radius 3 is 2.52 bits per heavy atom. The van der Waals surface area contributed by atoms with Gasteiger partial charge in [0, 0.05) is 5.02 Å². The van der Waals surface area contributed by atoms with E-state index < -0.39 is 0 Å². The van der Waals surface area contributed by atoms with E-state index in [9.17, 15) is 4.79 Å². The number of aryl methyl sites for hydroxylation is 2. The highest BCUT2D eigenvalue weighted by Crippen LogP contribution is 2.21. The van der Waals surface area contributed by atoms with Gasteiger partial charge in [-0.3, -0.25) is 4.79 Å². The Kier molecular flexibility index (Phi) is 3.29. The zero-order valence-corrected chi connectivity index (χ0v) is 12.7. The van der Waals surface area contributed by atoms with Crippen molar-refractivity contribution < 1.29 is 4.52 Å². The van der Waals surface area contributed by atoms with Gasteiger partial charge in [-0.05, 0) is 38.5 Å². The first-order chi connectivity index (χ1) is 9.99. The van der Waals surface area contributed by atoms with Gasteiger partial charge in [0.05, 0.1) is 11.7 Å². The van der Waals surface area contributed by atoms with E-state index in [1.807, 2.05) is 19.1 Å². The smallest absolute Gasteiger partial charge is 0.280 e. The van der Waals surface area contributed by atoms with Crippen molar-refractivity contribution in [1.82, 2.24) is 14.9 Å². The maximum Gasteiger partial charge on any atom is 0.280 e. The third-order valence-corrected chi connectivity index (χ3v) is 3.84. The van der Waals surface area contributed by atoms with E-state index >= 15 is 0 Å². The van der Waals surface area contributed by atoms with Gasteiger partial charge in [0.15, 0.2) is 5.58 Å². The van der Waals surface area contributed by atoms with Crippen LogP contribution in [0.25, 0.3) is 11.0 Å². The highest BCUT2D eigenvalue weighted by molar-refractivity contribution is 6.30. The van der Waals surface area contributed by atoms with E-state index in [1.165, 1.54) is 4.68 Å². The van der Waals surface area contributed by atoms with Crippen molar-refractivity contribution in [3.05, 3.63) is 56.6 Å². The third kappa shape index (κ3) is 2.23. The molecule has 1 aromatic carbocycles. The highest BCUT2D eigenvalue weighted by Gasteiger charge is 2.19. The van der Waals surface area contributed by atoms with Gasteiger partial charge in [0.2, 0.25) is 0 Å². The number of hydrogen-bond acceptors (Lipinski definition) is 4. The van der Waals surface area contributed by atoms with Crippen LogP contribution in [0.3, 0.4) is 0 Å². The summed E-state index contributed by atoms with van der Waals surface area (Å²) in [6.45, 7) is 5.48. The Morgan fingerprint density at radius 2 is 1.86 bits per heavy atom. The number of benzene rings is 1. The average molecular weight is 304 g/mol. The van der Waals surface area contributed by atoms with Gasteiger partial charge in [0.25, 0.3) is 5.56 Å². The molecular weight excluding hydrogens is 290 g/mol. The molecule has 108 valence electrons. The van der Waals surface area contributed by atoms with Gasteiger partial charge < -0.3 is 4.52 Å². The zero-order valence-electron chi connectivity index (χ0n) is 11.9. The molecule has 0 amide bonds. The molecule has 0 fully saturated rings. The molecule has 0 saturated carbocycles. The zero-order chi connectivity index (χ0) is 15.1. The second-order valence-electron chi connectivity index (χ2n) is 5.03. The molecule has 0 aliphatic carbocycles. The second kappa shape index (κ2) is 5.00. The van der Waals surface area contributed by atoms with E-state index in [1.54, 1.807) is 26.0 Å². The predicted octanol–water partition coefficient (Wildman–Crippen LogP) is 3.26. The van der Waals surface area contributed by atoms with Crippen molar-refractivity contribution in [2.45, 2.75) is 26.8 Å². The summed E-state index contributed by atoms with van der Waals surface area (Å²) in [6, 6.07) is 7.18. The first-order valence-corrected chi connectivity index (χ1v) is 6.97. The van der Waals surface area contributed by atoms with Crippen LogP contribution in [0.5, 0.6) is 0 Å². The quantitative estimate of drug-likeness (QED) is 0.729. The number of nitrogens with zero attached hydrogens (tertiary/aromatic N) is 3. The molecule has 5 nitrogen and oxygen atoms in total. The van der Waals surface area contributed by atoms with Gasteiger partial charge in [-0.25, -0.2) is 4.68 Å². The third-order valence-electron chi connectivity index (χ3n) is 3.59. The van der Waals surface area contributed by atoms with Crippen molar-refractivity contribution in [3.8, 4) is 0 Å². The number of rotatable bonds is 2. The second-order valence-corrected chi connectivity index (χ2v) is 5.47. The van der Waals surface area contributed by atoms with Crippen LogP contribution < -0.4 is 5.56 Å². The first-order valence-electron chi connectivity index (χ1n) is 6.60. The normalized spacial score (nSPS) is 12.8. The molecular formula is C15H14ClN3O2.